The summed E-state index contributed by atoms with van der Waals surface area (Å²) in [7, 11) is 1.50. The lowest BCUT2D eigenvalue weighted by atomic mass is 10.2. The van der Waals surface area contributed by atoms with Gasteiger partial charge in [0.1, 0.15) is 5.69 Å². The molecule has 0 fully saturated rings. The second kappa shape index (κ2) is 4.82. The summed E-state index contributed by atoms with van der Waals surface area (Å²) in [6.45, 7) is 1.84. The molecule has 0 aliphatic carbocycles. The minimum absolute atomic E-state index is 0.185. The van der Waals surface area contributed by atoms with Crippen LogP contribution in [0.15, 0.2) is 29.3 Å². The molecule has 2 heterocycles. The average Bonchev–Trinajstić information content (AvgIpc) is 2.86. The summed E-state index contributed by atoms with van der Waals surface area (Å²) in [6.07, 6.45) is 3.35. The number of carbonyl (C=O) groups excluding carboxylic acids is 1. The van der Waals surface area contributed by atoms with Crippen LogP contribution in [0, 0.1) is 0 Å². The van der Waals surface area contributed by atoms with Gasteiger partial charge in [-0.2, -0.15) is 10.2 Å². The second-order valence-electron chi connectivity index (χ2n) is 3.91. The minimum Gasteiger partial charge on any atom is -0.344 e. The Balaban J connectivity index is 2.12. The van der Waals surface area contributed by atoms with Crippen LogP contribution in [-0.2, 0) is 7.05 Å². The first-order valence-corrected chi connectivity index (χ1v) is 5.42. The minimum atomic E-state index is -0.334. The summed E-state index contributed by atoms with van der Waals surface area (Å²) in [5.41, 5.74) is 0.815. The Labute approximate surface area is 103 Å². The van der Waals surface area contributed by atoms with Gasteiger partial charge in [-0.05, 0) is 13.0 Å². The molecule has 94 valence electrons. The van der Waals surface area contributed by atoms with Crippen molar-refractivity contribution in [2.24, 2.45) is 7.05 Å². The number of aromatic nitrogens is 4. The Bertz CT molecular complexity index is 602. The molecule has 7 heteroatoms. The van der Waals surface area contributed by atoms with Crippen molar-refractivity contribution in [3.05, 3.63) is 46.1 Å². The molecule has 0 aromatic carbocycles. The van der Waals surface area contributed by atoms with Crippen molar-refractivity contribution < 1.29 is 4.79 Å². The quantitative estimate of drug-likeness (QED) is 0.798. The van der Waals surface area contributed by atoms with E-state index in [0.717, 1.165) is 10.2 Å². The highest BCUT2D eigenvalue weighted by molar-refractivity contribution is 5.92. The zero-order valence-electron chi connectivity index (χ0n) is 10.0. The van der Waals surface area contributed by atoms with E-state index < -0.39 is 0 Å². The van der Waals surface area contributed by atoms with Crippen LogP contribution in [-0.4, -0.2) is 25.9 Å². The maximum Gasteiger partial charge on any atom is 0.272 e. The molecule has 0 bridgehead atoms. The molecule has 2 aromatic heterocycles. The number of aryl methyl sites for hydroxylation is 1. The van der Waals surface area contributed by atoms with Gasteiger partial charge in [0.15, 0.2) is 0 Å². The molecule has 18 heavy (non-hydrogen) atoms. The summed E-state index contributed by atoms with van der Waals surface area (Å²) >= 11 is 0. The lowest BCUT2D eigenvalue weighted by molar-refractivity contribution is 0.0932. The number of nitrogens with one attached hydrogen (secondary N) is 2. The molecule has 2 N–H and O–H groups in total. The van der Waals surface area contributed by atoms with Gasteiger partial charge in [-0.3, -0.25) is 14.7 Å². The first-order chi connectivity index (χ1) is 8.58. The highest BCUT2D eigenvalue weighted by Gasteiger charge is 2.13. The van der Waals surface area contributed by atoms with Gasteiger partial charge in [0, 0.05) is 24.9 Å². The molecule has 1 unspecified atom stereocenters. The normalized spacial score (nSPS) is 12.1. The fourth-order valence-electron chi connectivity index (χ4n) is 1.48. The van der Waals surface area contributed by atoms with Crippen molar-refractivity contribution in [1.29, 1.82) is 0 Å². The van der Waals surface area contributed by atoms with Gasteiger partial charge in [0.25, 0.3) is 11.5 Å². The summed E-state index contributed by atoms with van der Waals surface area (Å²) in [5.74, 6) is -0.334. The van der Waals surface area contributed by atoms with Crippen molar-refractivity contribution in [2.45, 2.75) is 13.0 Å². The van der Waals surface area contributed by atoms with Crippen LogP contribution in [0.5, 0.6) is 0 Å². The van der Waals surface area contributed by atoms with Crippen molar-refractivity contribution in [3.8, 4) is 0 Å². The van der Waals surface area contributed by atoms with Crippen LogP contribution in [0.25, 0.3) is 0 Å². The lowest BCUT2D eigenvalue weighted by Gasteiger charge is -2.11. The maximum absolute atomic E-state index is 11.9. The van der Waals surface area contributed by atoms with Gasteiger partial charge in [-0.15, -0.1) is 0 Å². The third-order valence-corrected chi connectivity index (χ3v) is 2.56. The molecule has 1 atom stereocenters. The number of hydrogen-bond donors (Lipinski definition) is 2. The van der Waals surface area contributed by atoms with E-state index in [0.29, 0.717) is 0 Å². The van der Waals surface area contributed by atoms with Crippen LogP contribution in [0.3, 0.4) is 0 Å². The van der Waals surface area contributed by atoms with E-state index in [1.165, 1.54) is 19.2 Å². The molecule has 0 saturated carbocycles. The van der Waals surface area contributed by atoms with E-state index in [-0.39, 0.29) is 23.2 Å². The highest BCUT2D eigenvalue weighted by Crippen LogP contribution is 2.09. The number of carbonyl (C=O) groups is 1. The van der Waals surface area contributed by atoms with Gasteiger partial charge in [0.05, 0.1) is 12.2 Å². The fraction of sp³-hybridized carbons (Fsp3) is 0.273. The van der Waals surface area contributed by atoms with Crippen molar-refractivity contribution in [3.63, 3.8) is 0 Å². The summed E-state index contributed by atoms with van der Waals surface area (Å²) < 4.78 is 1.12. The van der Waals surface area contributed by atoms with Crippen LogP contribution in [0.2, 0.25) is 0 Å². The number of nitrogens with zero attached hydrogens (tertiary/aromatic N) is 3. The Morgan fingerprint density at radius 3 is 2.89 bits per heavy atom. The molecule has 0 spiro atoms. The Morgan fingerprint density at radius 1 is 1.50 bits per heavy atom. The van der Waals surface area contributed by atoms with E-state index in [4.69, 9.17) is 0 Å². The number of hydrogen-bond acceptors (Lipinski definition) is 4. The third-order valence-electron chi connectivity index (χ3n) is 2.56. The largest absolute Gasteiger partial charge is 0.344 e. The SMILES string of the molecule is CC(NC(=O)c1ccc(=O)n(C)n1)c1cn[nH]c1. The maximum atomic E-state index is 11.9. The van der Waals surface area contributed by atoms with Crippen LogP contribution in [0.4, 0.5) is 0 Å². The Hall–Kier alpha value is -2.44. The molecular weight excluding hydrogens is 234 g/mol. The molecule has 0 aliphatic rings. The first-order valence-electron chi connectivity index (χ1n) is 5.42. The fourth-order valence-corrected chi connectivity index (χ4v) is 1.48. The van der Waals surface area contributed by atoms with E-state index >= 15 is 0 Å². The molecule has 0 radical (unpaired) electrons. The van der Waals surface area contributed by atoms with Gasteiger partial charge in [-0.25, -0.2) is 4.68 Å². The van der Waals surface area contributed by atoms with E-state index in [9.17, 15) is 9.59 Å². The summed E-state index contributed by atoms with van der Waals surface area (Å²) in [4.78, 5) is 23.1. The van der Waals surface area contributed by atoms with E-state index in [2.05, 4.69) is 20.6 Å². The van der Waals surface area contributed by atoms with Crippen molar-refractivity contribution in [2.75, 3.05) is 0 Å². The zero-order chi connectivity index (χ0) is 13.1. The van der Waals surface area contributed by atoms with E-state index in [1.807, 2.05) is 6.92 Å². The van der Waals surface area contributed by atoms with Gasteiger partial charge < -0.3 is 5.32 Å². The van der Waals surface area contributed by atoms with Crippen LogP contribution < -0.4 is 10.9 Å². The van der Waals surface area contributed by atoms with Gasteiger partial charge in [0.2, 0.25) is 0 Å². The number of aromatic amines is 1. The molecule has 0 aliphatic heterocycles. The summed E-state index contributed by atoms with van der Waals surface area (Å²) in [6, 6.07) is 2.53. The molecule has 2 rings (SSSR count). The molecule has 7 nitrogen and oxygen atoms in total. The average molecular weight is 247 g/mol. The monoisotopic (exact) mass is 247 g/mol. The molecular formula is C11H13N5O2. The predicted molar refractivity (Wildman–Crippen MR) is 63.9 cm³/mol. The first kappa shape index (κ1) is 12.0. The van der Waals surface area contributed by atoms with Crippen LogP contribution >= 0.6 is 0 Å². The number of rotatable bonds is 3. The number of amides is 1. The van der Waals surface area contributed by atoms with Crippen molar-refractivity contribution in [1.82, 2.24) is 25.3 Å². The Kier molecular flexibility index (Phi) is 3.22. The van der Waals surface area contributed by atoms with Crippen LogP contribution in [0.1, 0.15) is 29.0 Å². The topological polar surface area (TPSA) is 92.7 Å². The molecule has 2 aromatic rings. The van der Waals surface area contributed by atoms with Gasteiger partial charge in [-0.1, -0.05) is 0 Å². The number of H-pyrrole nitrogens is 1. The standard InChI is InChI=1S/C11H13N5O2/c1-7(8-5-12-13-6-8)14-11(18)9-3-4-10(17)16(2)15-9/h3-7H,1-2H3,(H,12,13)(H,14,18). The highest BCUT2D eigenvalue weighted by atomic mass is 16.2. The Morgan fingerprint density at radius 2 is 2.28 bits per heavy atom. The summed E-state index contributed by atoms with van der Waals surface area (Å²) in [5, 5.41) is 13.1. The molecule has 1 amide bonds. The molecule has 0 saturated heterocycles. The van der Waals surface area contributed by atoms with Crippen molar-refractivity contribution >= 4 is 5.91 Å². The second-order valence-corrected chi connectivity index (χ2v) is 3.91. The zero-order valence-corrected chi connectivity index (χ0v) is 10.0. The predicted octanol–water partition coefficient (Wildman–Crippen LogP) is -0.00560. The van der Waals surface area contributed by atoms with E-state index in [1.54, 1.807) is 12.4 Å². The van der Waals surface area contributed by atoms with Gasteiger partial charge >= 0.3 is 0 Å². The smallest absolute Gasteiger partial charge is 0.272 e. The lowest BCUT2D eigenvalue weighted by Crippen LogP contribution is -2.30. The third kappa shape index (κ3) is 2.45.